The van der Waals surface area contributed by atoms with Gasteiger partial charge in [-0.3, -0.25) is 9.69 Å². The quantitative estimate of drug-likeness (QED) is 0.745. The monoisotopic (exact) mass is 367 g/mol. The summed E-state index contributed by atoms with van der Waals surface area (Å²) in [6, 6.07) is 11.0. The van der Waals surface area contributed by atoms with Gasteiger partial charge in [0.2, 0.25) is 0 Å². The molecule has 1 fully saturated rings. The second-order valence-electron chi connectivity index (χ2n) is 7.33. The van der Waals surface area contributed by atoms with Gasteiger partial charge in [-0.1, -0.05) is 18.1 Å². The molecule has 1 saturated heterocycles. The lowest BCUT2D eigenvalue weighted by atomic mass is 10.0. The molecule has 4 rings (SSSR count). The van der Waals surface area contributed by atoms with Gasteiger partial charge in [-0.15, -0.1) is 11.3 Å². The number of pyridine rings is 1. The molecule has 26 heavy (non-hydrogen) atoms. The Balaban J connectivity index is 1.45. The van der Waals surface area contributed by atoms with Crippen molar-refractivity contribution in [2.45, 2.75) is 39.2 Å². The molecule has 0 saturated carbocycles. The highest BCUT2D eigenvalue weighted by atomic mass is 32.1. The number of carbonyl (C=O) groups excluding carboxylic acids is 1. The first-order valence-electron chi connectivity index (χ1n) is 9.43. The average molecular weight is 368 g/mol. The Hall–Kier alpha value is -1.98. The summed E-state index contributed by atoms with van der Waals surface area (Å²) in [6.07, 6.45) is 3.86. The lowest BCUT2D eigenvalue weighted by molar-refractivity contribution is 0.0942. The third-order valence-corrected chi connectivity index (χ3v) is 6.35. The van der Waals surface area contributed by atoms with E-state index in [0.717, 1.165) is 39.1 Å². The molecule has 1 amide bonds. The van der Waals surface area contributed by atoms with Crippen molar-refractivity contribution >= 4 is 38.4 Å². The molecule has 0 radical (unpaired) electrons. The van der Waals surface area contributed by atoms with Crippen LogP contribution in [0.15, 0.2) is 30.3 Å². The van der Waals surface area contributed by atoms with Gasteiger partial charge in [-0.25, -0.2) is 4.98 Å². The molecule has 3 aromatic rings. The number of fused-ring (bicyclic) bond motifs is 2. The number of nitrogens with one attached hydrogen (secondary N) is 1. The van der Waals surface area contributed by atoms with Crippen LogP contribution in [0.4, 0.5) is 0 Å². The lowest BCUT2D eigenvalue weighted by Gasteiger charge is -2.33. The van der Waals surface area contributed by atoms with Crippen molar-refractivity contribution in [3.05, 3.63) is 40.8 Å². The Kier molecular flexibility index (Phi) is 4.92. The number of aromatic nitrogens is 1. The highest BCUT2D eigenvalue weighted by molar-refractivity contribution is 7.20. The number of hydrogen-bond donors (Lipinski definition) is 1. The van der Waals surface area contributed by atoms with E-state index in [1.807, 2.05) is 12.1 Å². The van der Waals surface area contributed by atoms with Gasteiger partial charge in [-0.2, -0.15) is 0 Å². The van der Waals surface area contributed by atoms with Crippen LogP contribution >= 0.6 is 11.3 Å². The van der Waals surface area contributed by atoms with E-state index in [1.165, 1.54) is 36.2 Å². The molecule has 5 heteroatoms. The van der Waals surface area contributed by atoms with Gasteiger partial charge in [0.15, 0.2) is 0 Å². The van der Waals surface area contributed by atoms with Crippen LogP contribution in [0.5, 0.6) is 0 Å². The molecule has 3 heterocycles. The zero-order valence-corrected chi connectivity index (χ0v) is 16.2. The third-order valence-electron chi connectivity index (χ3n) is 5.31. The fourth-order valence-corrected chi connectivity index (χ4v) is 4.70. The summed E-state index contributed by atoms with van der Waals surface area (Å²) in [4.78, 5) is 21.4. The van der Waals surface area contributed by atoms with E-state index in [0.29, 0.717) is 12.6 Å². The molecule has 0 aliphatic carbocycles. The van der Waals surface area contributed by atoms with Gasteiger partial charge in [0.05, 0.1) is 10.4 Å². The SMILES string of the molecule is Cc1ccc2nc3sc(C(=O)NCCN4CCCCC4C)cc3cc2c1. The molecule has 1 N–H and O–H groups in total. The Morgan fingerprint density at radius 1 is 1.27 bits per heavy atom. The molecule has 0 bridgehead atoms. The van der Waals surface area contributed by atoms with Gasteiger partial charge in [0.25, 0.3) is 5.91 Å². The van der Waals surface area contributed by atoms with E-state index in [-0.39, 0.29) is 5.91 Å². The number of aryl methyl sites for hydroxylation is 1. The molecular formula is C21H25N3OS. The van der Waals surface area contributed by atoms with E-state index in [2.05, 4.69) is 42.3 Å². The number of benzene rings is 1. The van der Waals surface area contributed by atoms with Crippen molar-refractivity contribution in [1.82, 2.24) is 15.2 Å². The number of carbonyl (C=O) groups is 1. The summed E-state index contributed by atoms with van der Waals surface area (Å²) >= 11 is 1.47. The molecule has 1 aliphatic heterocycles. The first-order chi connectivity index (χ1) is 12.6. The predicted molar refractivity (Wildman–Crippen MR) is 109 cm³/mol. The molecule has 1 aromatic carbocycles. The lowest BCUT2D eigenvalue weighted by Crippen LogP contribution is -2.42. The average Bonchev–Trinajstić information content (AvgIpc) is 3.04. The third kappa shape index (κ3) is 3.60. The van der Waals surface area contributed by atoms with Crippen molar-refractivity contribution in [1.29, 1.82) is 0 Å². The van der Waals surface area contributed by atoms with Crippen molar-refractivity contribution in [2.75, 3.05) is 19.6 Å². The maximum atomic E-state index is 12.5. The molecule has 1 aliphatic rings. The van der Waals surface area contributed by atoms with E-state index >= 15 is 0 Å². The van der Waals surface area contributed by atoms with Crippen LogP contribution in [0.1, 0.15) is 41.4 Å². The second kappa shape index (κ2) is 7.33. The number of thiophene rings is 1. The van der Waals surface area contributed by atoms with E-state index in [9.17, 15) is 4.79 Å². The van der Waals surface area contributed by atoms with Crippen molar-refractivity contribution in [3.8, 4) is 0 Å². The topological polar surface area (TPSA) is 45.2 Å². The first-order valence-corrected chi connectivity index (χ1v) is 10.2. The summed E-state index contributed by atoms with van der Waals surface area (Å²) in [7, 11) is 0. The smallest absolute Gasteiger partial charge is 0.261 e. The van der Waals surface area contributed by atoms with Crippen LogP contribution in [0.3, 0.4) is 0 Å². The summed E-state index contributed by atoms with van der Waals surface area (Å²) < 4.78 is 0. The normalized spacial score (nSPS) is 18.5. The molecule has 2 aromatic heterocycles. The highest BCUT2D eigenvalue weighted by Gasteiger charge is 2.18. The van der Waals surface area contributed by atoms with Gasteiger partial charge >= 0.3 is 0 Å². The maximum absolute atomic E-state index is 12.5. The zero-order valence-electron chi connectivity index (χ0n) is 15.4. The molecule has 1 unspecified atom stereocenters. The van der Waals surface area contributed by atoms with Gasteiger partial charge in [0.1, 0.15) is 4.83 Å². The minimum atomic E-state index is 0.0119. The number of likely N-dealkylation sites (tertiary alicyclic amines) is 1. The molecular weight excluding hydrogens is 342 g/mol. The Bertz CT molecular complexity index is 949. The largest absolute Gasteiger partial charge is 0.350 e. The summed E-state index contributed by atoms with van der Waals surface area (Å²) in [6.45, 7) is 7.14. The van der Waals surface area contributed by atoms with Crippen LogP contribution in [0.25, 0.3) is 21.1 Å². The number of rotatable bonds is 4. The Morgan fingerprint density at radius 2 is 2.15 bits per heavy atom. The summed E-state index contributed by atoms with van der Waals surface area (Å²) in [5.74, 6) is 0.0119. The van der Waals surface area contributed by atoms with Crippen molar-refractivity contribution in [3.63, 3.8) is 0 Å². The summed E-state index contributed by atoms with van der Waals surface area (Å²) in [5, 5.41) is 5.25. The van der Waals surface area contributed by atoms with E-state index in [1.54, 1.807) is 0 Å². The zero-order chi connectivity index (χ0) is 18.1. The van der Waals surface area contributed by atoms with E-state index in [4.69, 9.17) is 4.98 Å². The highest BCUT2D eigenvalue weighted by Crippen LogP contribution is 2.28. The van der Waals surface area contributed by atoms with Crippen LogP contribution in [0.2, 0.25) is 0 Å². The summed E-state index contributed by atoms with van der Waals surface area (Å²) in [5.41, 5.74) is 2.20. The number of nitrogens with zero attached hydrogens (tertiary/aromatic N) is 2. The molecule has 136 valence electrons. The van der Waals surface area contributed by atoms with Gasteiger partial charge in [0, 0.05) is 29.9 Å². The fraction of sp³-hybridized carbons (Fsp3) is 0.429. The van der Waals surface area contributed by atoms with Crippen LogP contribution < -0.4 is 5.32 Å². The van der Waals surface area contributed by atoms with Gasteiger partial charge < -0.3 is 5.32 Å². The number of amides is 1. The van der Waals surface area contributed by atoms with Gasteiger partial charge in [-0.05, 0) is 57.5 Å². The van der Waals surface area contributed by atoms with Crippen molar-refractivity contribution in [2.24, 2.45) is 0 Å². The standard InChI is InChI=1S/C21H25N3OS/c1-14-6-7-18-16(11-14)12-17-13-19(26-21(17)23-18)20(25)22-8-10-24-9-4-3-5-15(24)2/h6-7,11-13,15H,3-5,8-10H2,1-2H3,(H,22,25). The minimum absolute atomic E-state index is 0.0119. The van der Waals surface area contributed by atoms with Crippen LogP contribution in [0, 0.1) is 6.92 Å². The predicted octanol–water partition coefficient (Wildman–Crippen LogP) is 4.36. The van der Waals surface area contributed by atoms with Crippen LogP contribution in [-0.4, -0.2) is 41.5 Å². The van der Waals surface area contributed by atoms with Crippen LogP contribution in [-0.2, 0) is 0 Å². The van der Waals surface area contributed by atoms with Crippen molar-refractivity contribution < 1.29 is 4.79 Å². The minimum Gasteiger partial charge on any atom is -0.350 e. The number of piperidine rings is 1. The molecule has 1 atom stereocenters. The second-order valence-corrected chi connectivity index (χ2v) is 8.36. The van der Waals surface area contributed by atoms with E-state index < -0.39 is 0 Å². The molecule has 0 spiro atoms. The fourth-order valence-electron chi connectivity index (χ4n) is 3.76. The Morgan fingerprint density at radius 3 is 3.00 bits per heavy atom. The number of hydrogen-bond acceptors (Lipinski definition) is 4. The Labute approximate surface area is 158 Å². The molecule has 4 nitrogen and oxygen atoms in total. The first kappa shape index (κ1) is 17.4. The maximum Gasteiger partial charge on any atom is 0.261 e.